The summed E-state index contributed by atoms with van der Waals surface area (Å²) in [5, 5.41) is 12.5. The van der Waals surface area contributed by atoms with Crippen LogP contribution in [-0.4, -0.2) is 42.2 Å². The Morgan fingerprint density at radius 2 is 1.91 bits per heavy atom. The van der Waals surface area contributed by atoms with Crippen LogP contribution in [-0.2, 0) is 4.79 Å². The van der Waals surface area contributed by atoms with Crippen molar-refractivity contribution in [1.29, 1.82) is 5.26 Å². The molecule has 0 aliphatic carbocycles. The third-order valence-electron chi connectivity index (χ3n) is 6.46. The molecule has 0 saturated carbocycles. The second kappa shape index (κ2) is 8.19. The molecule has 0 spiro atoms. The molecule has 5 rings (SSSR count). The number of carbonyl (C=O) groups excluding carboxylic acids is 1. The summed E-state index contributed by atoms with van der Waals surface area (Å²) < 4.78 is 11.5. The quantitative estimate of drug-likeness (QED) is 0.743. The van der Waals surface area contributed by atoms with E-state index in [9.17, 15) is 14.9 Å². The van der Waals surface area contributed by atoms with Gasteiger partial charge in [-0.3, -0.25) is 14.6 Å². The third-order valence-corrected chi connectivity index (χ3v) is 6.46. The van der Waals surface area contributed by atoms with Crippen molar-refractivity contribution < 1.29 is 14.3 Å². The van der Waals surface area contributed by atoms with E-state index in [-0.39, 0.29) is 11.4 Å². The number of fused-ring (bicyclic) bond motifs is 2. The molecular weight excluding hydrogens is 410 g/mol. The maximum atomic E-state index is 13.2. The summed E-state index contributed by atoms with van der Waals surface area (Å²) in [7, 11) is 0. The van der Waals surface area contributed by atoms with Crippen LogP contribution in [0.2, 0.25) is 0 Å². The van der Waals surface area contributed by atoms with Crippen LogP contribution in [0.15, 0.2) is 23.0 Å². The number of nitrogens with zero attached hydrogens (tertiary/aromatic N) is 3. The SMILES string of the molecule is CC1CCN(c2nc3c(c(=O)[nH]2)C(c2ccc4c(c2)OCCCO4)C(C#N)C(=O)N3)CC1. The number of nitrogens with one attached hydrogen (secondary N) is 2. The first-order chi connectivity index (χ1) is 15.5. The molecule has 3 aliphatic heterocycles. The number of aromatic nitrogens is 2. The average Bonchev–Trinajstić information content (AvgIpc) is 3.03. The van der Waals surface area contributed by atoms with Gasteiger partial charge in [-0.1, -0.05) is 13.0 Å². The fourth-order valence-electron chi connectivity index (χ4n) is 4.60. The normalized spacial score (nSPS) is 23.0. The summed E-state index contributed by atoms with van der Waals surface area (Å²) in [6.07, 6.45) is 2.80. The molecule has 3 aliphatic rings. The Bertz CT molecular complexity index is 1150. The molecule has 2 aromatic rings. The molecule has 1 saturated heterocycles. The number of rotatable bonds is 2. The Morgan fingerprint density at radius 1 is 1.16 bits per heavy atom. The van der Waals surface area contributed by atoms with Gasteiger partial charge in [-0.25, -0.2) is 0 Å². The molecule has 1 fully saturated rings. The number of piperidine rings is 1. The van der Waals surface area contributed by atoms with E-state index in [0.717, 1.165) is 32.4 Å². The number of ether oxygens (including phenoxy) is 2. The van der Waals surface area contributed by atoms with Gasteiger partial charge in [0, 0.05) is 25.4 Å². The van der Waals surface area contributed by atoms with Crippen molar-refractivity contribution in [2.24, 2.45) is 11.8 Å². The molecule has 2 N–H and O–H groups in total. The van der Waals surface area contributed by atoms with E-state index in [1.54, 1.807) is 18.2 Å². The molecule has 4 heterocycles. The number of hydrogen-bond donors (Lipinski definition) is 2. The van der Waals surface area contributed by atoms with Gasteiger partial charge in [-0.05, 0) is 36.5 Å². The Hall–Kier alpha value is -3.54. The van der Waals surface area contributed by atoms with Crippen molar-refractivity contribution in [3.8, 4) is 17.6 Å². The number of H-pyrrole nitrogens is 1. The van der Waals surface area contributed by atoms with E-state index in [4.69, 9.17) is 9.47 Å². The standard InChI is InChI=1S/C23H25N5O4/c1-13-5-7-28(8-6-13)23-26-20-19(22(30)27-23)18(15(12-24)21(29)25-20)14-3-4-16-17(11-14)32-10-2-9-31-16/h3-4,11,13,15,18H,2,5-10H2,1H3,(H2,25,26,27,29,30). The van der Waals surface area contributed by atoms with E-state index < -0.39 is 17.7 Å². The van der Waals surface area contributed by atoms with Crippen molar-refractivity contribution in [2.75, 3.05) is 36.5 Å². The molecule has 2 unspecified atom stereocenters. The highest BCUT2D eigenvalue weighted by atomic mass is 16.5. The van der Waals surface area contributed by atoms with Crippen LogP contribution in [0.3, 0.4) is 0 Å². The lowest BCUT2D eigenvalue weighted by molar-refractivity contribution is -0.119. The van der Waals surface area contributed by atoms with Crippen molar-refractivity contribution in [3.63, 3.8) is 0 Å². The second-order valence-corrected chi connectivity index (χ2v) is 8.65. The van der Waals surface area contributed by atoms with Crippen molar-refractivity contribution in [2.45, 2.75) is 32.1 Å². The smallest absolute Gasteiger partial charge is 0.258 e. The zero-order valence-electron chi connectivity index (χ0n) is 17.9. The van der Waals surface area contributed by atoms with Gasteiger partial charge in [0.2, 0.25) is 11.9 Å². The number of hydrogen-bond acceptors (Lipinski definition) is 7. The molecule has 9 nitrogen and oxygen atoms in total. The van der Waals surface area contributed by atoms with Crippen LogP contribution in [0.1, 0.15) is 43.2 Å². The first kappa shape index (κ1) is 20.4. The van der Waals surface area contributed by atoms with Gasteiger partial charge < -0.3 is 19.7 Å². The average molecular weight is 435 g/mol. The Kier molecular flexibility index (Phi) is 5.21. The monoisotopic (exact) mass is 435 g/mol. The van der Waals surface area contributed by atoms with Gasteiger partial charge >= 0.3 is 0 Å². The molecule has 32 heavy (non-hydrogen) atoms. The van der Waals surface area contributed by atoms with Crippen molar-refractivity contribution in [1.82, 2.24) is 9.97 Å². The van der Waals surface area contributed by atoms with Crippen LogP contribution in [0, 0.1) is 23.2 Å². The maximum Gasteiger partial charge on any atom is 0.258 e. The van der Waals surface area contributed by atoms with Crippen LogP contribution in [0.25, 0.3) is 0 Å². The summed E-state index contributed by atoms with van der Waals surface area (Å²) in [5.74, 6) is 0.188. The van der Waals surface area contributed by atoms with E-state index in [1.807, 2.05) is 4.90 Å². The van der Waals surface area contributed by atoms with Gasteiger partial charge in [0.05, 0.1) is 24.8 Å². The number of anilines is 2. The molecule has 0 radical (unpaired) electrons. The topological polar surface area (TPSA) is 120 Å². The summed E-state index contributed by atoms with van der Waals surface area (Å²) >= 11 is 0. The highest BCUT2D eigenvalue weighted by Crippen LogP contribution is 2.41. The number of carbonyl (C=O) groups is 1. The minimum absolute atomic E-state index is 0.219. The Balaban J connectivity index is 1.58. The minimum atomic E-state index is -1.06. The van der Waals surface area contributed by atoms with Crippen LogP contribution < -0.4 is 25.2 Å². The zero-order valence-corrected chi connectivity index (χ0v) is 17.9. The summed E-state index contributed by atoms with van der Waals surface area (Å²) in [6.45, 7) is 4.87. The lowest BCUT2D eigenvalue weighted by atomic mass is 9.79. The van der Waals surface area contributed by atoms with E-state index >= 15 is 0 Å². The highest BCUT2D eigenvalue weighted by Gasteiger charge is 2.41. The highest BCUT2D eigenvalue weighted by molar-refractivity contribution is 5.98. The van der Waals surface area contributed by atoms with Crippen LogP contribution >= 0.6 is 0 Å². The summed E-state index contributed by atoms with van der Waals surface area (Å²) in [6, 6.07) is 7.38. The summed E-state index contributed by atoms with van der Waals surface area (Å²) in [4.78, 5) is 35.6. The van der Waals surface area contributed by atoms with Crippen molar-refractivity contribution in [3.05, 3.63) is 39.7 Å². The van der Waals surface area contributed by atoms with Gasteiger partial charge in [0.15, 0.2) is 11.5 Å². The number of nitriles is 1. The first-order valence-electron chi connectivity index (χ1n) is 11.0. The van der Waals surface area contributed by atoms with E-state index in [2.05, 4.69) is 28.3 Å². The minimum Gasteiger partial charge on any atom is -0.490 e. The molecule has 1 amide bonds. The Morgan fingerprint density at radius 3 is 2.66 bits per heavy atom. The lowest BCUT2D eigenvalue weighted by Gasteiger charge is -2.33. The molecule has 0 bridgehead atoms. The van der Waals surface area contributed by atoms with Gasteiger partial charge in [0.25, 0.3) is 5.56 Å². The zero-order chi connectivity index (χ0) is 22.2. The van der Waals surface area contributed by atoms with Crippen LogP contribution in [0.4, 0.5) is 11.8 Å². The predicted molar refractivity (Wildman–Crippen MR) is 117 cm³/mol. The second-order valence-electron chi connectivity index (χ2n) is 8.65. The largest absolute Gasteiger partial charge is 0.490 e. The predicted octanol–water partition coefficient (Wildman–Crippen LogP) is 2.39. The Labute approximate surface area is 185 Å². The van der Waals surface area contributed by atoms with Gasteiger partial charge in [0.1, 0.15) is 11.7 Å². The van der Waals surface area contributed by atoms with Gasteiger partial charge in [-0.15, -0.1) is 0 Å². The van der Waals surface area contributed by atoms with E-state index in [0.29, 0.717) is 47.7 Å². The van der Waals surface area contributed by atoms with Gasteiger partial charge in [-0.2, -0.15) is 10.2 Å². The number of benzene rings is 1. The summed E-state index contributed by atoms with van der Waals surface area (Å²) in [5.41, 5.74) is 0.587. The molecule has 1 aromatic carbocycles. The maximum absolute atomic E-state index is 13.2. The molecule has 2 atom stereocenters. The van der Waals surface area contributed by atoms with E-state index in [1.165, 1.54) is 0 Å². The van der Waals surface area contributed by atoms with Crippen LogP contribution in [0.5, 0.6) is 11.5 Å². The van der Waals surface area contributed by atoms with Crippen molar-refractivity contribution >= 4 is 17.7 Å². The number of amides is 1. The molecule has 166 valence electrons. The molecule has 9 heteroatoms. The fourth-order valence-corrected chi connectivity index (χ4v) is 4.60. The third kappa shape index (κ3) is 3.55. The first-order valence-corrected chi connectivity index (χ1v) is 11.0. The number of aromatic amines is 1. The molecular formula is C23H25N5O4. The lowest BCUT2D eigenvalue weighted by Crippen LogP contribution is -2.40. The molecule has 1 aromatic heterocycles. The fraction of sp³-hybridized carbons (Fsp3) is 0.478.